The number of rotatable bonds is 4. The first-order chi connectivity index (χ1) is 5.04. The van der Waals surface area contributed by atoms with Gasteiger partial charge >= 0.3 is 0 Å². The maximum atomic E-state index is 10.6. The molecule has 64 valence electrons. The molecule has 11 heavy (non-hydrogen) atoms. The van der Waals surface area contributed by atoms with Gasteiger partial charge in [0.1, 0.15) is 5.78 Å². The number of hydrogen-bond acceptors (Lipinski definition) is 1. The van der Waals surface area contributed by atoms with E-state index < -0.39 is 0 Å². The highest BCUT2D eigenvalue weighted by Crippen LogP contribution is 2.10. The van der Waals surface area contributed by atoms with Crippen LogP contribution in [-0.4, -0.2) is 5.78 Å². The third-order valence-corrected chi connectivity index (χ3v) is 1.93. The molecule has 0 aromatic heterocycles. The van der Waals surface area contributed by atoms with E-state index in [0.29, 0.717) is 5.78 Å². The fourth-order valence-electron chi connectivity index (χ4n) is 0.852. The summed E-state index contributed by atoms with van der Waals surface area (Å²) < 4.78 is 0. The molecule has 0 aliphatic carbocycles. The molecule has 0 spiro atoms. The van der Waals surface area contributed by atoms with Crippen molar-refractivity contribution >= 4 is 5.78 Å². The molecule has 1 heteroatoms. The third-order valence-electron chi connectivity index (χ3n) is 1.93. The van der Waals surface area contributed by atoms with Gasteiger partial charge < -0.3 is 4.79 Å². The van der Waals surface area contributed by atoms with Crippen LogP contribution in [0.5, 0.6) is 0 Å². The van der Waals surface area contributed by atoms with Gasteiger partial charge in [0, 0.05) is 6.42 Å². The van der Waals surface area contributed by atoms with Gasteiger partial charge in [-0.15, -0.1) is 0 Å². The molecule has 0 radical (unpaired) electrons. The minimum absolute atomic E-state index is 0.298. The summed E-state index contributed by atoms with van der Waals surface area (Å²) in [5, 5.41) is 0. The Labute approximate surface area is 69.5 Å². The lowest BCUT2D eigenvalue weighted by Gasteiger charge is -2.01. The first kappa shape index (κ1) is 10.4. The van der Waals surface area contributed by atoms with Gasteiger partial charge in [-0.25, -0.2) is 0 Å². The van der Waals surface area contributed by atoms with Gasteiger partial charge in [-0.3, -0.25) is 0 Å². The summed E-state index contributed by atoms with van der Waals surface area (Å²) in [5.74, 6) is 0.298. The first-order valence-electron chi connectivity index (χ1n) is 4.16. The summed E-state index contributed by atoms with van der Waals surface area (Å²) in [5.41, 5.74) is 2.81. The Morgan fingerprint density at radius 2 is 1.55 bits per heavy atom. The third kappa shape index (κ3) is 5.84. The smallest absolute Gasteiger partial charge is 0.129 e. The molecular formula is C10H18O. The molecule has 0 saturated heterocycles. The van der Waals surface area contributed by atoms with Crippen LogP contribution in [0, 0.1) is 0 Å². The zero-order chi connectivity index (χ0) is 8.85. The van der Waals surface area contributed by atoms with Crippen molar-refractivity contribution < 1.29 is 4.79 Å². The van der Waals surface area contributed by atoms with E-state index in [-0.39, 0.29) is 0 Å². The number of allylic oxidation sites excluding steroid dienone is 2. The average Bonchev–Trinajstić information content (AvgIpc) is 1.86. The predicted molar refractivity (Wildman–Crippen MR) is 48.6 cm³/mol. The minimum atomic E-state index is 0.298. The first-order valence-corrected chi connectivity index (χ1v) is 4.16. The van der Waals surface area contributed by atoms with Crippen molar-refractivity contribution in [3.63, 3.8) is 0 Å². The van der Waals surface area contributed by atoms with Crippen molar-refractivity contribution in [2.45, 2.75) is 47.0 Å². The average molecular weight is 154 g/mol. The zero-order valence-electron chi connectivity index (χ0n) is 8.03. The monoisotopic (exact) mass is 154 g/mol. The SMILES string of the molecule is CC(=O)CCCC(C)=C(C)C. The standard InChI is InChI=1S/C10H18O/c1-8(2)9(3)6-5-7-10(4)11/h5-7H2,1-4H3. The molecule has 0 aliphatic rings. The molecule has 0 atom stereocenters. The van der Waals surface area contributed by atoms with Gasteiger partial charge in [-0.2, -0.15) is 0 Å². The molecule has 0 N–H and O–H groups in total. The highest BCUT2D eigenvalue weighted by Gasteiger charge is 1.95. The van der Waals surface area contributed by atoms with E-state index in [1.54, 1.807) is 6.92 Å². The van der Waals surface area contributed by atoms with Crippen LogP contribution in [0.4, 0.5) is 0 Å². The van der Waals surface area contributed by atoms with Crippen molar-refractivity contribution in [1.82, 2.24) is 0 Å². The van der Waals surface area contributed by atoms with E-state index in [1.807, 2.05) is 0 Å². The van der Waals surface area contributed by atoms with E-state index in [4.69, 9.17) is 0 Å². The lowest BCUT2D eigenvalue weighted by Crippen LogP contribution is -1.90. The van der Waals surface area contributed by atoms with E-state index in [0.717, 1.165) is 19.3 Å². The Balaban J connectivity index is 3.56. The fraction of sp³-hybridized carbons (Fsp3) is 0.700. The number of Topliss-reactive ketones (excluding diaryl/α,β-unsaturated/α-hetero) is 1. The van der Waals surface area contributed by atoms with Gasteiger partial charge in [0.15, 0.2) is 0 Å². The molecule has 0 saturated carbocycles. The zero-order valence-corrected chi connectivity index (χ0v) is 8.03. The van der Waals surface area contributed by atoms with Crippen LogP contribution in [0.1, 0.15) is 47.0 Å². The van der Waals surface area contributed by atoms with E-state index in [2.05, 4.69) is 20.8 Å². The number of carbonyl (C=O) groups excluding carboxylic acids is 1. The Hall–Kier alpha value is -0.590. The molecule has 0 aliphatic heterocycles. The summed E-state index contributed by atoms with van der Waals surface area (Å²) in [6, 6.07) is 0. The van der Waals surface area contributed by atoms with Crippen molar-refractivity contribution in [2.75, 3.05) is 0 Å². The van der Waals surface area contributed by atoms with Crippen LogP contribution in [0.15, 0.2) is 11.1 Å². The summed E-state index contributed by atoms with van der Waals surface area (Å²) in [6.45, 7) is 8.01. The van der Waals surface area contributed by atoms with Crippen LogP contribution in [0.25, 0.3) is 0 Å². The summed E-state index contributed by atoms with van der Waals surface area (Å²) >= 11 is 0. The molecule has 0 bridgehead atoms. The van der Waals surface area contributed by atoms with Gasteiger partial charge in [-0.05, 0) is 40.5 Å². The minimum Gasteiger partial charge on any atom is -0.300 e. The second-order valence-corrected chi connectivity index (χ2v) is 3.34. The van der Waals surface area contributed by atoms with Crippen LogP contribution < -0.4 is 0 Å². The lowest BCUT2D eigenvalue weighted by molar-refractivity contribution is -0.117. The Morgan fingerprint density at radius 3 is 1.91 bits per heavy atom. The van der Waals surface area contributed by atoms with Crippen LogP contribution in [0.2, 0.25) is 0 Å². The molecular weight excluding hydrogens is 136 g/mol. The number of ketones is 1. The highest BCUT2D eigenvalue weighted by molar-refractivity contribution is 5.75. The van der Waals surface area contributed by atoms with Crippen LogP contribution >= 0.6 is 0 Å². The van der Waals surface area contributed by atoms with E-state index in [9.17, 15) is 4.79 Å². The van der Waals surface area contributed by atoms with E-state index in [1.165, 1.54) is 11.1 Å². The second-order valence-electron chi connectivity index (χ2n) is 3.34. The Morgan fingerprint density at radius 1 is 1.00 bits per heavy atom. The normalized spacial score (nSPS) is 9.45. The fourth-order valence-corrected chi connectivity index (χ4v) is 0.852. The number of carbonyl (C=O) groups is 1. The van der Waals surface area contributed by atoms with Gasteiger partial charge in [0.25, 0.3) is 0 Å². The maximum absolute atomic E-state index is 10.6. The van der Waals surface area contributed by atoms with Gasteiger partial charge in [0.05, 0.1) is 0 Å². The van der Waals surface area contributed by atoms with Crippen LogP contribution in [-0.2, 0) is 4.79 Å². The largest absolute Gasteiger partial charge is 0.300 e. The lowest BCUT2D eigenvalue weighted by atomic mass is 10.1. The Kier molecular flexibility index (Phi) is 4.84. The molecule has 1 nitrogen and oxygen atoms in total. The predicted octanol–water partition coefficient (Wildman–Crippen LogP) is 3.10. The second kappa shape index (κ2) is 5.11. The topological polar surface area (TPSA) is 17.1 Å². The van der Waals surface area contributed by atoms with Crippen LogP contribution in [0.3, 0.4) is 0 Å². The molecule has 0 aromatic carbocycles. The van der Waals surface area contributed by atoms with Crippen molar-refractivity contribution in [2.24, 2.45) is 0 Å². The summed E-state index contributed by atoms with van der Waals surface area (Å²) in [7, 11) is 0. The van der Waals surface area contributed by atoms with Crippen molar-refractivity contribution in [1.29, 1.82) is 0 Å². The summed E-state index contributed by atoms with van der Waals surface area (Å²) in [6.07, 6.45) is 2.80. The van der Waals surface area contributed by atoms with Crippen molar-refractivity contribution in [3.05, 3.63) is 11.1 Å². The maximum Gasteiger partial charge on any atom is 0.129 e. The van der Waals surface area contributed by atoms with Gasteiger partial charge in [-0.1, -0.05) is 11.1 Å². The molecule has 0 heterocycles. The van der Waals surface area contributed by atoms with Gasteiger partial charge in [0.2, 0.25) is 0 Å². The van der Waals surface area contributed by atoms with E-state index >= 15 is 0 Å². The molecule has 0 fully saturated rings. The highest BCUT2D eigenvalue weighted by atomic mass is 16.1. The molecule has 0 amide bonds. The molecule has 0 aromatic rings. The van der Waals surface area contributed by atoms with Crippen molar-refractivity contribution in [3.8, 4) is 0 Å². The summed E-state index contributed by atoms with van der Waals surface area (Å²) in [4.78, 5) is 10.6. The quantitative estimate of drug-likeness (QED) is 0.569. The molecule has 0 rings (SSSR count). The number of hydrogen-bond donors (Lipinski definition) is 0. The Bertz CT molecular complexity index is 162. The molecule has 0 unspecified atom stereocenters.